The van der Waals surface area contributed by atoms with Gasteiger partial charge in [0.05, 0.1) is 23.1 Å². The van der Waals surface area contributed by atoms with Crippen LogP contribution in [0.4, 0.5) is 0 Å². The van der Waals surface area contributed by atoms with Crippen molar-refractivity contribution in [2.45, 2.75) is 82.5 Å². The van der Waals surface area contributed by atoms with Crippen molar-refractivity contribution >= 4 is 27.4 Å². The van der Waals surface area contributed by atoms with Crippen LogP contribution in [-0.4, -0.2) is 41.9 Å². The summed E-state index contributed by atoms with van der Waals surface area (Å²) in [5.41, 5.74) is 0.783. The normalized spacial score (nSPS) is 22.1. The third kappa shape index (κ3) is 5.65. The van der Waals surface area contributed by atoms with E-state index in [1.165, 1.54) is 19.3 Å². The van der Waals surface area contributed by atoms with Crippen molar-refractivity contribution in [3.8, 4) is 5.75 Å². The summed E-state index contributed by atoms with van der Waals surface area (Å²) >= 11 is 0. The maximum absolute atomic E-state index is 13.5. The Hall–Kier alpha value is -3.14. The van der Waals surface area contributed by atoms with Crippen LogP contribution in [0, 0.1) is 5.92 Å². The molecule has 3 aliphatic rings. The van der Waals surface area contributed by atoms with Crippen LogP contribution in [0.25, 0.3) is 5.57 Å². The van der Waals surface area contributed by atoms with Crippen LogP contribution in [0.15, 0.2) is 42.1 Å². The van der Waals surface area contributed by atoms with E-state index in [1.807, 2.05) is 42.1 Å². The van der Waals surface area contributed by atoms with Crippen LogP contribution in [0.1, 0.15) is 76.5 Å². The molecule has 9 nitrogen and oxygen atoms in total. The molecule has 0 radical (unpaired) electrons. The minimum absolute atomic E-state index is 0.194. The zero-order chi connectivity index (χ0) is 26.9. The zero-order valence-electron chi connectivity index (χ0n) is 22.0. The Kier molecular flexibility index (Phi) is 7.35. The number of benzene rings is 1. The van der Waals surface area contributed by atoms with Crippen molar-refractivity contribution in [3.05, 3.63) is 53.4 Å². The third-order valence-corrected chi connectivity index (χ3v) is 9.57. The number of nitrogens with one attached hydrogen (secondary N) is 2. The monoisotopic (exact) mass is 540 g/mol. The van der Waals surface area contributed by atoms with Crippen molar-refractivity contribution in [3.63, 3.8) is 0 Å². The molecule has 2 aromatic rings. The average molecular weight is 541 g/mol. The molecule has 2 fully saturated rings. The Balaban J connectivity index is 1.46. The summed E-state index contributed by atoms with van der Waals surface area (Å²) < 4.78 is 34.8. The first kappa shape index (κ1) is 26.5. The van der Waals surface area contributed by atoms with Gasteiger partial charge in [-0.3, -0.25) is 14.3 Å². The van der Waals surface area contributed by atoms with Crippen LogP contribution in [0.5, 0.6) is 5.75 Å². The van der Waals surface area contributed by atoms with E-state index < -0.39 is 32.6 Å². The van der Waals surface area contributed by atoms with E-state index >= 15 is 0 Å². The molecule has 204 valence electrons. The topological polar surface area (TPSA) is 119 Å². The van der Waals surface area contributed by atoms with Crippen molar-refractivity contribution < 1.29 is 22.7 Å². The highest BCUT2D eigenvalue weighted by Gasteiger charge is 2.43. The van der Waals surface area contributed by atoms with Gasteiger partial charge in [0.15, 0.2) is 0 Å². The van der Waals surface area contributed by atoms with Crippen LogP contribution in [-0.2, 0) is 31.7 Å². The third-order valence-electron chi connectivity index (χ3n) is 7.75. The van der Waals surface area contributed by atoms with Crippen LogP contribution >= 0.6 is 0 Å². The van der Waals surface area contributed by atoms with E-state index in [9.17, 15) is 18.0 Å². The quantitative estimate of drug-likeness (QED) is 0.332. The number of nitrogens with zero attached hydrogens (tertiary/aromatic N) is 2. The molecule has 0 saturated heterocycles. The van der Waals surface area contributed by atoms with E-state index in [2.05, 4.69) is 17.0 Å². The summed E-state index contributed by atoms with van der Waals surface area (Å²) in [6, 6.07) is 9.39. The van der Waals surface area contributed by atoms with Crippen molar-refractivity contribution in [1.29, 1.82) is 0 Å². The summed E-state index contributed by atoms with van der Waals surface area (Å²) in [4.78, 5) is 26.7. The molecular formula is C28H36N4O5S. The molecular weight excluding hydrogens is 504 g/mol. The van der Waals surface area contributed by atoms with Crippen molar-refractivity contribution in [1.82, 2.24) is 19.8 Å². The lowest BCUT2D eigenvalue weighted by Gasteiger charge is -2.37. The first-order chi connectivity index (χ1) is 18.2. The number of hydrogen-bond acceptors (Lipinski definition) is 6. The molecule has 38 heavy (non-hydrogen) atoms. The average Bonchev–Trinajstić information content (AvgIpc) is 3.61. The molecule has 2 N–H and O–H groups in total. The van der Waals surface area contributed by atoms with Gasteiger partial charge in [-0.15, -0.1) is 0 Å². The van der Waals surface area contributed by atoms with E-state index in [1.54, 1.807) is 6.07 Å². The number of hydrogen-bond donors (Lipinski definition) is 2. The molecule has 2 amide bonds. The van der Waals surface area contributed by atoms with Crippen molar-refractivity contribution in [2.24, 2.45) is 5.92 Å². The smallest absolute Gasteiger partial charge is 0.270 e. The number of rotatable bonds is 11. The largest absolute Gasteiger partial charge is 0.494 e. The highest BCUT2D eigenvalue weighted by Crippen LogP contribution is 2.39. The summed E-state index contributed by atoms with van der Waals surface area (Å²) in [5.74, 6) is -0.182. The maximum atomic E-state index is 13.5. The summed E-state index contributed by atoms with van der Waals surface area (Å²) in [5, 5.41) is 7.11. The first-order valence-corrected chi connectivity index (χ1v) is 15.1. The first-order valence-electron chi connectivity index (χ1n) is 13.6. The fraction of sp³-hybridized carbons (Fsp3) is 0.536. The van der Waals surface area contributed by atoms with Crippen LogP contribution in [0.3, 0.4) is 0 Å². The number of unbranched alkanes of at least 4 members (excludes halogenated alkanes) is 1. The number of sulfonamides is 1. The highest BCUT2D eigenvalue weighted by atomic mass is 32.2. The van der Waals surface area contributed by atoms with Gasteiger partial charge in [-0.25, -0.2) is 13.1 Å². The molecule has 1 aromatic carbocycles. The van der Waals surface area contributed by atoms with E-state index in [4.69, 9.17) is 9.84 Å². The molecule has 0 spiro atoms. The zero-order valence-corrected chi connectivity index (χ0v) is 22.9. The second-order valence-electron chi connectivity index (χ2n) is 10.9. The number of amides is 2. The van der Waals surface area contributed by atoms with Gasteiger partial charge < -0.3 is 10.1 Å². The molecule has 5 rings (SSSR count). The number of aromatic nitrogens is 2. The summed E-state index contributed by atoms with van der Waals surface area (Å²) in [7, 11) is -3.82. The highest BCUT2D eigenvalue weighted by molar-refractivity contribution is 7.91. The second-order valence-corrected chi connectivity index (χ2v) is 12.9. The second kappa shape index (κ2) is 10.6. The lowest BCUT2D eigenvalue weighted by molar-refractivity contribution is -0.124. The lowest BCUT2D eigenvalue weighted by Crippen LogP contribution is -2.51. The van der Waals surface area contributed by atoms with E-state index in [0.29, 0.717) is 36.6 Å². The van der Waals surface area contributed by atoms with Crippen LogP contribution in [0.2, 0.25) is 0 Å². The van der Waals surface area contributed by atoms with Gasteiger partial charge in [0.2, 0.25) is 10.0 Å². The van der Waals surface area contributed by atoms with Gasteiger partial charge in [0.1, 0.15) is 11.3 Å². The van der Waals surface area contributed by atoms with Gasteiger partial charge >= 0.3 is 0 Å². The Labute approximate surface area is 224 Å². The summed E-state index contributed by atoms with van der Waals surface area (Å²) in [6.07, 6.45) is 8.76. The Morgan fingerprint density at radius 1 is 1.18 bits per heavy atom. The predicted molar refractivity (Wildman–Crippen MR) is 144 cm³/mol. The molecule has 0 bridgehead atoms. The minimum Gasteiger partial charge on any atom is -0.494 e. The Bertz CT molecular complexity index is 1340. The number of ether oxygens (including phenoxy) is 1. The fourth-order valence-corrected chi connectivity index (χ4v) is 6.31. The predicted octanol–water partition coefficient (Wildman–Crippen LogP) is 3.66. The molecule has 1 unspecified atom stereocenters. The molecule has 2 aliphatic carbocycles. The number of carbonyl (C=O) groups excluding carboxylic acids is 2. The Morgan fingerprint density at radius 2 is 1.92 bits per heavy atom. The Morgan fingerprint density at radius 3 is 2.55 bits per heavy atom. The van der Waals surface area contributed by atoms with E-state index in [-0.39, 0.29) is 12.0 Å². The standard InChI is InChI=1S/C28H36N4O5S/c1-3-4-16-37-21-10-8-20(9-11-21)28(2)17-23(24-14-15-32(30-24)18-19-6-5-7-19)25(26(33)29-28)27(34)31-38(35,36)22-12-13-22/h8-11,14-15,19,22H,3-7,12-13,16-18H2,1-2H3,(H,29,33)(H,31,34). The molecule has 2 heterocycles. The lowest BCUT2D eigenvalue weighted by atomic mass is 9.79. The van der Waals surface area contributed by atoms with Gasteiger partial charge in [-0.2, -0.15) is 5.10 Å². The minimum atomic E-state index is -3.82. The number of carbonyl (C=O) groups is 2. The molecule has 2 saturated carbocycles. The molecule has 1 atom stereocenters. The van der Waals surface area contributed by atoms with Gasteiger partial charge in [-0.05, 0) is 68.7 Å². The van der Waals surface area contributed by atoms with Crippen LogP contribution < -0.4 is 14.8 Å². The fourth-order valence-electron chi connectivity index (χ4n) is 5.03. The van der Waals surface area contributed by atoms with E-state index in [0.717, 1.165) is 30.7 Å². The summed E-state index contributed by atoms with van der Waals surface area (Å²) in [6.45, 7) is 5.44. The maximum Gasteiger partial charge on any atom is 0.270 e. The SMILES string of the molecule is CCCCOc1ccc(C2(C)CC(c3ccn(CC4CCC4)n3)=C(C(=O)NS(=O)(=O)C3CC3)C(=O)N2)cc1. The van der Waals surface area contributed by atoms with Gasteiger partial charge in [-0.1, -0.05) is 31.9 Å². The molecule has 10 heteroatoms. The molecule has 1 aliphatic heterocycles. The van der Waals surface area contributed by atoms with Gasteiger partial charge in [0, 0.05) is 24.7 Å². The molecule has 1 aromatic heterocycles. The van der Waals surface area contributed by atoms with Crippen molar-refractivity contribution in [2.75, 3.05) is 6.61 Å². The van der Waals surface area contributed by atoms with Gasteiger partial charge in [0.25, 0.3) is 11.8 Å².